The van der Waals surface area contributed by atoms with E-state index in [2.05, 4.69) is 24.8 Å². The average Bonchev–Trinajstić information content (AvgIpc) is 3.32. The van der Waals surface area contributed by atoms with Gasteiger partial charge >= 0.3 is 11.9 Å². The van der Waals surface area contributed by atoms with Crippen LogP contribution in [-0.2, 0) is 19.1 Å². The van der Waals surface area contributed by atoms with Crippen molar-refractivity contribution >= 4 is 11.9 Å². The van der Waals surface area contributed by atoms with Crippen LogP contribution in [0.25, 0.3) is 0 Å². The summed E-state index contributed by atoms with van der Waals surface area (Å²) in [7, 11) is 0. The van der Waals surface area contributed by atoms with Gasteiger partial charge in [-0.1, -0.05) is 13.8 Å². The number of nitrogens with zero attached hydrogens (tertiary/aromatic N) is 1. The quantitative estimate of drug-likeness (QED) is 0.386. The van der Waals surface area contributed by atoms with E-state index in [-0.39, 0.29) is 11.0 Å². The summed E-state index contributed by atoms with van der Waals surface area (Å²) in [6.07, 6.45) is 18.2. The van der Waals surface area contributed by atoms with Crippen LogP contribution in [0.2, 0.25) is 0 Å². The minimum Gasteiger partial charge on any atom is -0.473 e. The molecule has 4 saturated carbocycles. The van der Waals surface area contributed by atoms with Crippen molar-refractivity contribution in [2.75, 3.05) is 26.2 Å². The second-order valence-corrected chi connectivity index (χ2v) is 13.6. The highest BCUT2D eigenvalue weighted by molar-refractivity contribution is 6.27. The van der Waals surface area contributed by atoms with E-state index in [1.165, 1.54) is 82.9 Å². The summed E-state index contributed by atoms with van der Waals surface area (Å²) in [6, 6.07) is 2.21. The van der Waals surface area contributed by atoms with Gasteiger partial charge in [0.1, 0.15) is 5.60 Å². The van der Waals surface area contributed by atoms with Crippen molar-refractivity contribution in [3.63, 3.8) is 0 Å². The Hall–Kier alpha value is -1.90. The highest BCUT2D eigenvalue weighted by Crippen LogP contribution is 2.78. The van der Waals surface area contributed by atoms with Crippen LogP contribution in [0.1, 0.15) is 89.5 Å². The zero-order chi connectivity index (χ0) is 27.4. The second-order valence-electron chi connectivity index (χ2n) is 13.6. The van der Waals surface area contributed by atoms with E-state index in [1.54, 1.807) is 0 Å². The van der Waals surface area contributed by atoms with Crippen molar-refractivity contribution < 1.29 is 33.7 Å². The number of carboxylic acids is 2. The van der Waals surface area contributed by atoms with Gasteiger partial charge in [-0.15, -0.1) is 0 Å². The van der Waals surface area contributed by atoms with Crippen LogP contribution in [0, 0.1) is 28.6 Å². The molecule has 9 atom stereocenters. The summed E-state index contributed by atoms with van der Waals surface area (Å²) < 4.78 is 18.7. The summed E-state index contributed by atoms with van der Waals surface area (Å²) in [5, 5.41) is 14.8. The predicted octanol–water partition coefficient (Wildman–Crippen LogP) is 5.17. The number of fused-ring (bicyclic) bond motifs is 3. The molecule has 6 aliphatic rings. The zero-order valence-electron chi connectivity index (χ0n) is 23.5. The van der Waals surface area contributed by atoms with Gasteiger partial charge in [-0.2, -0.15) is 0 Å². The van der Waals surface area contributed by atoms with E-state index in [9.17, 15) is 0 Å². The van der Waals surface area contributed by atoms with Gasteiger partial charge in [0, 0.05) is 12.0 Å². The first-order valence-corrected chi connectivity index (χ1v) is 15.2. The lowest BCUT2D eigenvalue weighted by Gasteiger charge is -2.61. The number of furan rings is 1. The fourth-order valence-electron chi connectivity index (χ4n) is 10.1. The lowest BCUT2D eigenvalue weighted by atomic mass is 9.44. The fraction of sp³-hybridized carbons (Fsp3) is 0.806. The van der Waals surface area contributed by atoms with E-state index in [0.717, 1.165) is 30.9 Å². The molecule has 8 nitrogen and oxygen atoms in total. The topological polar surface area (TPSA) is 113 Å². The molecule has 3 heterocycles. The average molecular weight is 544 g/mol. The lowest BCUT2D eigenvalue weighted by molar-refractivity contribution is -0.159. The molecular formula is C31H45NO7. The van der Waals surface area contributed by atoms with Crippen molar-refractivity contribution in [3.8, 4) is 0 Å². The zero-order valence-corrected chi connectivity index (χ0v) is 23.5. The highest BCUT2D eigenvalue weighted by atomic mass is 16.6. The standard InChI is InChI=1S/C29H43NO3.C2H2O4/c1-27-10-7-22(32-16-14-30-12-3-4-13-30)17-21(27)5-6-24-23(27)8-11-28(2)25(20-9-15-31-19-20)18-26-29(24,28)33-26;3-1(4)2(5)6/h9,15,19,21-26H,3-8,10-14,16-18H2,1-2H3;(H,3,4)(H,5,6)/t21-,22+,23+,24-,25-,26-,27+,28-,29-;/m1./s1. The Balaban J connectivity index is 0.000000418. The van der Waals surface area contributed by atoms with Crippen LogP contribution < -0.4 is 0 Å². The maximum absolute atomic E-state index is 9.10. The smallest absolute Gasteiger partial charge is 0.414 e. The summed E-state index contributed by atoms with van der Waals surface area (Å²) >= 11 is 0. The van der Waals surface area contributed by atoms with Crippen molar-refractivity contribution in [2.45, 2.75) is 102 Å². The van der Waals surface area contributed by atoms with Crippen LogP contribution in [0.4, 0.5) is 0 Å². The molecule has 0 radical (unpaired) electrons. The lowest BCUT2D eigenvalue weighted by Crippen LogP contribution is -2.58. The van der Waals surface area contributed by atoms with Gasteiger partial charge in [0.15, 0.2) is 0 Å². The first-order chi connectivity index (χ1) is 18.7. The van der Waals surface area contributed by atoms with Gasteiger partial charge in [0.25, 0.3) is 0 Å². The largest absolute Gasteiger partial charge is 0.473 e. The number of carboxylic acid groups (broad SMARTS) is 2. The Morgan fingerprint density at radius 3 is 2.49 bits per heavy atom. The molecule has 2 saturated heterocycles. The van der Waals surface area contributed by atoms with E-state index in [1.807, 2.05) is 12.5 Å². The summed E-state index contributed by atoms with van der Waals surface area (Å²) in [5.41, 5.74) is 2.33. The van der Waals surface area contributed by atoms with Crippen LogP contribution in [0.15, 0.2) is 23.0 Å². The van der Waals surface area contributed by atoms with Crippen LogP contribution in [0.3, 0.4) is 0 Å². The SMILES string of the molecule is C[C@]12CC[C@H](OCCN3CCCC3)C[C@H]1CC[C@@H]1[C@@H]2CC[C@]2(C)[C@@H](c3ccoc3)C[C@H]3O[C@]132.O=C(O)C(=O)O. The molecule has 0 aromatic carbocycles. The normalized spacial score (nSPS) is 44.3. The third-order valence-electron chi connectivity index (χ3n) is 12.1. The van der Waals surface area contributed by atoms with Gasteiger partial charge < -0.3 is 29.0 Å². The first-order valence-electron chi connectivity index (χ1n) is 15.2. The molecule has 6 fully saturated rings. The molecule has 1 aromatic heterocycles. The number of epoxide rings is 1. The molecule has 1 spiro atoms. The molecule has 1 aromatic rings. The molecule has 216 valence electrons. The van der Waals surface area contributed by atoms with Crippen LogP contribution in [-0.4, -0.2) is 71.1 Å². The molecule has 0 unspecified atom stereocenters. The maximum Gasteiger partial charge on any atom is 0.414 e. The summed E-state index contributed by atoms with van der Waals surface area (Å²) in [6.45, 7) is 9.86. The highest BCUT2D eigenvalue weighted by Gasteiger charge is 2.80. The minimum atomic E-state index is -1.82. The summed E-state index contributed by atoms with van der Waals surface area (Å²) in [5.74, 6) is -0.602. The van der Waals surface area contributed by atoms with Gasteiger partial charge in [-0.05, 0) is 118 Å². The molecule has 39 heavy (non-hydrogen) atoms. The number of aliphatic carboxylic acids is 2. The monoisotopic (exact) mass is 543 g/mol. The van der Waals surface area contributed by atoms with Crippen LogP contribution in [0.5, 0.6) is 0 Å². The van der Waals surface area contributed by atoms with Gasteiger partial charge in [0.05, 0.1) is 31.3 Å². The Morgan fingerprint density at radius 2 is 1.79 bits per heavy atom. The van der Waals surface area contributed by atoms with Crippen molar-refractivity contribution in [1.82, 2.24) is 4.90 Å². The molecule has 8 heteroatoms. The second kappa shape index (κ2) is 10.2. The number of hydrogen-bond acceptors (Lipinski definition) is 6. The maximum atomic E-state index is 9.10. The molecule has 4 aliphatic carbocycles. The summed E-state index contributed by atoms with van der Waals surface area (Å²) in [4.78, 5) is 20.8. The van der Waals surface area contributed by atoms with Crippen molar-refractivity contribution in [3.05, 3.63) is 24.2 Å². The van der Waals surface area contributed by atoms with Crippen molar-refractivity contribution in [1.29, 1.82) is 0 Å². The van der Waals surface area contributed by atoms with E-state index >= 15 is 0 Å². The number of hydrogen-bond donors (Lipinski definition) is 2. The number of ether oxygens (including phenoxy) is 2. The van der Waals surface area contributed by atoms with Crippen LogP contribution >= 0.6 is 0 Å². The Morgan fingerprint density at radius 1 is 1.03 bits per heavy atom. The van der Waals surface area contributed by atoms with Gasteiger partial charge in [-0.25, -0.2) is 9.59 Å². The molecular weight excluding hydrogens is 498 g/mol. The molecule has 2 aliphatic heterocycles. The van der Waals surface area contributed by atoms with Gasteiger partial charge in [-0.3, -0.25) is 0 Å². The van der Waals surface area contributed by atoms with E-state index in [0.29, 0.717) is 23.5 Å². The number of carbonyl (C=O) groups is 2. The third kappa shape index (κ3) is 4.45. The van der Waals surface area contributed by atoms with Gasteiger partial charge in [0.2, 0.25) is 0 Å². The number of likely N-dealkylation sites (tertiary alicyclic amines) is 1. The Labute approximate surface area is 231 Å². The molecule has 0 amide bonds. The van der Waals surface area contributed by atoms with E-state index in [4.69, 9.17) is 33.7 Å². The molecule has 0 bridgehead atoms. The van der Waals surface area contributed by atoms with E-state index < -0.39 is 11.9 Å². The predicted molar refractivity (Wildman–Crippen MR) is 143 cm³/mol. The first kappa shape index (κ1) is 27.3. The van der Waals surface area contributed by atoms with Crippen molar-refractivity contribution in [2.24, 2.45) is 28.6 Å². The molecule has 2 N–H and O–H groups in total. The third-order valence-corrected chi connectivity index (χ3v) is 12.1. The number of rotatable bonds is 5. The fourth-order valence-corrected chi connectivity index (χ4v) is 10.1. The Bertz CT molecular complexity index is 1040. The molecule has 7 rings (SSSR count). The Kier molecular flexibility index (Phi) is 7.12. The minimum absolute atomic E-state index is 0.148.